The fraction of sp³-hybridized carbons (Fsp3) is 1.00. The molecule has 0 aromatic rings. The molecule has 18 heavy (non-hydrogen) atoms. The smallest absolute Gasteiger partial charge is 0.253 e. The fourth-order valence-electron chi connectivity index (χ4n) is 3.16. The Hall–Kier alpha value is 0.130. The molecule has 5 heteroatoms. The van der Waals surface area contributed by atoms with Crippen LogP contribution in [0.15, 0.2) is 0 Å². The zero-order valence-electron chi connectivity index (χ0n) is 11.0. The molecule has 0 saturated carbocycles. The predicted octanol–water partition coefficient (Wildman–Crippen LogP) is 2.92. The summed E-state index contributed by atoms with van der Waals surface area (Å²) >= 11 is 1.94. The van der Waals surface area contributed by atoms with Crippen LogP contribution in [0.4, 0.5) is 8.78 Å². The van der Waals surface area contributed by atoms with Crippen molar-refractivity contribution in [1.29, 1.82) is 0 Å². The van der Waals surface area contributed by atoms with Gasteiger partial charge in [0.2, 0.25) is 0 Å². The van der Waals surface area contributed by atoms with Crippen LogP contribution in [0.25, 0.3) is 0 Å². The lowest BCUT2D eigenvalue weighted by molar-refractivity contribution is -0.115. The van der Waals surface area contributed by atoms with Crippen molar-refractivity contribution >= 4 is 11.8 Å². The minimum atomic E-state index is -2.27. The maximum Gasteiger partial charge on any atom is 0.253 e. The summed E-state index contributed by atoms with van der Waals surface area (Å²) in [6, 6.07) is -0.662. The Morgan fingerprint density at radius 2 is 2.11 bits per heavy atom. The third-order valence-corrected chi connectivity index (χ3v) is 5.14. The van der Waals surface area contributed by atoms with Crippen molar-refractivity contribution in [2.45, 2.75) is 50.7 Å². The average molecular weight is 279 g/mol. The SMILES string of the molecule is CCNC(C(F)F)C1CCOC2(CCSCC2)C1. The van der Waals surface area contributed by atoms with E-state index >= 15 is 0 Å². The quantitative estimate of drug-likeness (QED) is 0.855. The van der Waals surface area contributed by atoms with Crippen LogP contribution in [0.3, 0.4) is 0 Å². The highest BCUT2D eigenvalue weighted by atomic mass is 32.2. The molecule has 2 nitrogen and oxygen atoms in total. The second-order valence-corrected chi connectivity index (χ2v) is 6.54. The first-order chi connectivity index (χ1) is 8.67. The lowest BCUT2D eigenvalue weighted by Gasteiger charge is -2.45. The molecule has 0 aromatic heterocycles. The van der Waals surface area contributed by atoms with Gasteiger partial charge >= 0.3 is 0 Å². The molecule has 2 unspecified atom stereocenters. The van der Waals surface area contributed by atoms with E-state index in [9.17, 15) is 8.78 Å². The Bertz CT molecular complexity index is 254. The predicted molar refractivity (Wildman–Crippen MR) is 71.4 cm³/mol. The number of nitrogens with one attached hydrogen (secondary N) is 1. The van der Waals surface area contributed by atoms with E-state index in [2.05, 4.69) is 5.32 Å². The van der Waals surface area contributed by atoms with Crippen LogP contribution >= 0.6 is 11.8 Å². The monoisotopic (exact) mass is 279 g/mol. The standard InChI is InChI=1S/C13H23F2NOS/c1-2-16-11(12(14)15)10-3-6-17-13(9-10)4-7-18-8-5-13/h10-12,16H,2-9H2,1H3. The van der Waals surface area contributed by atoms with Gasteiger partial charge in [-0.1, -0.05) is 6.92 Å². The first kappa shape index (κ1) is 14.5. The molecule has 1 N–H and O–H groups in total. The third kappa shape index (κ3) is 3.36. The van der Waals surface area contributed by atoms with E-state index in [1.807, 2.05) is 18.7 Å². The van der Waals surface area contributed by atoms with E-state index in [-0.39, 0.29) is 11.5 Å². The number of alkyl halides is 2. The number of hydrogen-bond acceptors (Lipinski definition) is 3. The van der Waals surface area contributed by atoms with Crippen molar-refractivity contribution in [3.05, 3.63) is 0 Å². The number of thioether (sulfide) groups is 1. The van der Waals surface area contributed by atoms with Crippen LogP contribution in [0.5, 0.6) is 0 Å². The van der Waals surface area contributed by atoms with Gasteiger partial charge in [-0.25, -0.2) is 8.78 Å². The molecular formula is C13H23F2NOS. The lowest BCUT2D eigenvalue weighted by atomic mass is 9.78. The molecule has 106 valence electrons. The molecule has 2 fully saturated rings. The van der Waals surface area contributed by atoms with Gasteiger partial charge in [-0.3, -0.25) is 0 Å². The fourth-order valence-corrected chi connectivity index (χ4v) is 4.40. The zero-order valence-corrected chi connectivity index (χ0v) is 11.8. The van der Waals surface area contributed by atoms with Crippen molar-refractivity contribution in [3.63, 3.8) is 0 Å². The molecule has 2 aliphatic rings. The molecule has 2 aliphatic heterocycles. The molecule has 0 radical (unpaired) electrons. The summed E-state index contributed by atoms with van der Waals surface area (Å²) in [5.74, 6) is 2.27. The second kappa shape index (κ2) is 6.53. The zero-order chi connectivity index (χ0) is 13.0. The molecule has 0 aliphatic carbocycles. The molecule has 0 bridgehead atoms. The van der Waals surface area contributed by atoms with Crippen LogP contribution in [0.1, 0.15) is 32.6 Å². The molecule has 2 saturated heterocycles. The van der Waals surface area contributed by atoms with Gasteiger partial charge < -0.3 is 10.1 Å². The van der Waals surface area contributed by atoms with Crippen molar-refractivity contribution < 1.29 is 13.5 Å². The molecule has 0 aromatic carbocycles. The van der Waals surface area contributed by atoms with Crippen molar-refractivity contribution in [3.8, 4) is 0 Å². The van der Waals surface area contributed by atoms with Gasteiger partial charge in [0.25, 0.3) is 6.43 Å². The van der Waals surface area contributed by atoms with Gasteiger partial charge in [0.1, 0.15) is 0 Å². The normalized spacial score (nSPS) is 29.7. The maximum atomic E-state index is 13.1. The molecule has 2 heterocycles. The lowest BCUT2D eigenvalue weighted by Crippen LogP contribution is -2.50. The first-order valence-electron chi connectivity index (χ1n) is 6.90. The van der Waals surface area contributed by atoms with E-state index in [1.165, 1.54) is 0 Å². The first-order valence-corrected chi connectivity index (χ1v) is 8.05. The summed E-state index contributed by atoms with van der Waals surface area (Å²) in [7, 11) is 0. The van der Waals surface area contributed by atoms with Gasteiger partial charge in [0.05, 0.1) is 11.6 Å². The molecule has 2 rings (SSSR count). The topological polar surface area (TPSA) is 21.3 Å². The van der Waals surface area contributed by atoms with Gasteiger partial charge in [-0.15, -0.1) is 0 Å². The van der Waals surface area contributed by atoms with Gasteiger partial charge in [0.15, 0.2) is 0 Å². The van der Waals surface area contributed by atoms with Crippen molar-refractivity contribution in [2.24, 2.45) is 5.92 Å². The van der Waals surface area contributed by atoms with Gasteiger partial charge in [0, 0.05) is 6.61 Å². The largest absolute Gasteiger partial charge is 0.375 e. The van der Waals surface area contributed by atoms with E-state index in [0.717, 1.165) is 37.2 Å². The van der Waals surface area contributed by atoms with Gasteiger partial charge in [-0.2, -0.15) is 11.8 Å². The average Bonchev–Trinajstić information content (AvgIpc) is 2.36. The third-order valence-electron chi connectivity index (χ3n) is 4.15. The summed E-state index contributed by atoms with van der Waals surface area (Å²) in [4.78, 5) is 0. The van der Waals surface area contributed by atoms with E-state index in [1.54, 1.807) is 0 Å². The number of ether oxygens (including phenoxy) is 1. The summed E-state index contributed by atoms with van der Waals surface area (Å²) in [5.41, 5.74) is -0.100. The van der Waals surface area contributed by atoms with Crippen LogP contribution in [0, 0.1) is 5.92 Å². The van der Waals surface area contributed by atoms with E-state index < -0.39 is 12.5 Å². The maximum absolute atomic E-state index is 13.1. The highest BCUT2D eigenvalue weighted by molar-refractivity contribution is 7.99. The number of hydrogen-bond donors (Lipinski definition) is 1. The minimum absolute atomic E-state index is 0.0572. The Balaban J connectivity index is 1.99. The molecular weight excluding hydrogens is 256 g/mol. The van der Waals surface area contributed by atoms with Gasteiger partial charge in [-0.05, 0) is 49.7 Å². The molecule has 1 spiro atoms. The van der Waals surface area contributed by atoms with Crippen LogP contribution in [-0.4, -0.2) is 42.7 Å². The van der Waals surface area contributed by atoms with Crippen molar-refractivity contribution in [1.82, 2.24) is 5.32 Å². The Morgan fingerprint density at radius 3 is 2.72 bits per heavy atom. The molecule has 2 atom stereocenters. The Morgan fingerprint density at radius 1 is 1.39 bits per heavy atom. The minimum Gasteiger partial charge on any atom is -0.375 e. The Labute approximate surface area is 112 Å². The number of rotatable bonds is 4. The van der Waals surface area contributed by atoms with Crippen molar-refractivity contribution in [2.75, 3.05) is 24.7 Å². The molecule has 0 amide bonds. The summed E-state index contributed by atoms with van der Waals surface area (Å²) in [6.45, 7) is 3.14. The number of halogens is 2. The summed E-state index contributed by atoms with van der Waals surface area (Å²) in [6.07, 6.45) is 1.34. The highest BCUT2D eigenvalue weighted by Gasteiger charge is 2.42. The summed E-state index contributed by atoms with van der Waals surface area (Å²) in [5, 5.41) is 2.96. The van der Waals surface area contributed by atoms with Crippen LogP contribution in [-0.2, 0) is 4.74 Å². The summed E-state index contributed by atoms with van der Waals surface area (Å²) < 4.78 is 32.2. The Kier molecular flexibility index (Phi) is 5.27. The van der Waals surface area contributed by atoms with Crippen LogP contribution < -0.4 is 5.32 Å². The van der Waals surface area contributed by atoms with Crippen LogP contribution in [0.2, 0.25) is 0 Å². The highest BCUT2D eigenvalue weighted by Crippen LogP contribution is 2.41. The second-order valence-electron chi connectivity index (χ2n) is 5.31. The van der Waals surface area contributed by atoms with E-state index in [0.29, 0.717) is 13.2 Å². The van der Waals surface area contributed by atoms with E-state index in [4.69, 9.17) is 4.74 Å².